The molecule has 0 bridgehead atoms. The van der Waals surface area contributed by atoms with E-state index in [1.54, 1.807) is 0 Å². The second kappa shape index (κ2) is 4.94. The smallest absolute Gasteiger partial charge is 0.271 e. The standard InChI is InChI=1S/C9H3BrCl3N3O/c10-7-2-6(8(13)17)16(15-7)9-5(12)1-4(11)3-14-9/h1-3H. The first-order chi connectivity index (χ1) is 7.99. The third-order valence-electron chi connectivity index (χ3n) is 1.87. The van der Waals surface area contributed by atoms with Crippen LogP contribution in [0.25, 0.3) is 5.82 Å². The van der Waals surface area contributed by atoms with E-state index in [0.29, 0.717) is 9.63 Å². The van der Waals surface area contributed by atoms with Gasteiger partial charge >= 0.3 is 0 Å². The van der Waals surface area contributed by atoms with Gasteiger partial charge in [-0.1, -0.05) is 23.2 Å². The summed E-state index contributed by atoms with van der Waals surface area (Å²) in [7, 11) is 0. The Bertz CT molecular complexity index is 599. The molecule has 0 amide bonds. The first kappa shape index (κ1) is 12.8. The molecule has 0 aromatic carbocycles. The summed E-state index contributed by atoms with van der Waals surface area (Å²) in [6.07, 6.45) is 1.40. The number of rotatable bonds is 2. The Morgan fingerprint density at radius 2 is 2.06 bits per heavy atom. The maximum Gasteiger partial charge on any atom is 0.271 e. The fourth-order valence-electron chi connectivity index (χ4n) is 1.22. The molecule has 0 unspecified atom stereocenters. The van der Waals surface area contributed by atoms with Crippen LogP contribution in [0.4, 0.5) is 0 Å². The van der Waals surface area contributed by atoms with Gasteiger partial charge < -0.3 is 0 Å². The molecule has 88 valence electrons. The van der Waals surface area contributed by atoms with Crippen LogP contribution in [0.3, 0.4) is 0 Å². The average Bonchev–Trinajstić information content (AvgIpc) is 2.60. The highest BCUT2D eigenvalue weighted by atomic mass is 79.9. The number of nitrogens with zero attached hydrogens (tertiary/aromatic N) is 3. The van der Waals surface area contributed by atoms with E-state index >= 15 is 0 Å². The molecule has 0 aliphatic carbocycles. The molecule has 0 saturated carbocycles. The van der Waals surface area contributed by atoms with Crippen LogP contribution >= 0.6 is 50.7 Å². The van der Waals surface area contributed by atoms with Gasteiger partial charge in [-0.15, -0.1) is 0 Å². The summed E-state index contributed by atoms with van der Waals surface area (Å²) in [6, 6.07) is 2.98. The molecule has 0 radical (unpaired) electrons. The van der Waals surface area contributed by atoms with Crippen molar-refractivity contribution >= 4 is 56.0 Å². The van der Waals surface area contributed by atoms with Gasteiger partial charge in [-0.3, -0.25) is 4.79 Å². The zero-order chi connectivity index (χ0) is 12.6. The van der Waals surface area contributed by atoms with Crippen molar-refractivity contribution in [2.75, 3.05) is 0 Å². The van der Waals surface area contributed by atoms with Gasteiger partial charge in [-0.25, -0.2) is 9.67 Å². The summed E-state index contributed by atoms with van der Waals surface area (Å²) in [4.78, 5) is 15.2. The quantitative estimate of drug-likeness (QED) is 0.772. The fraction of sp³-hybridized carbons (Fsp3) is 0. The predicted molar refractivity (Wildman–Crippen MR) is 69.3 cm³/mol. The lowest BCUT2D eigenvalue weighted by molar-refractivity contribution is 0.107. The summed E-state index contributed by atoms with van der Waals surface area (Å²) in [5.74, 6) is 0.283. The number of carbonyl (C=O) groups excluding carboxylic acids is 1. The van der Waals surface area contributed by atoms with Crippen molar-refractivity contribution in [1.82, 2.24) is 14.8 Å². The van der Waals surface area contributed by atoms with Crippen LogP contribution < -0.4 is 0 Å². The normalized spacial score (nSPS) is 10.6. The number of hydrogen-bond donors (Lipinski definition) is 0. The highest BCUT2D eigenvalue weighted by Gasteiger charge is 2.17. The van der Waals surface area contributed by atoms with Gasteiger partial charge in [0.2, 0.25) is 0 Å². The van der Waals surface area contributed by atoms with E-state index in [0.717, 1.165) is 0 Å². The van der Waals surface area contributed by atoms with Crippen molar-refractivity contribution in [3.05, 3.63) is 38.7 Å². The minimum Gasteiger partial charge on any atom is -0.274 e. The number of aromatic nitrogens is 3. The Labute approximate surface area is 120 Å². The largest absolute Gasteiger partial charge is 0.274 e. The number of halogens is 4. The lowest BCUT2D eigenvalue weighted by atomic mass is 10.4. The Hall–Kier alpha value is -0.620. The molecule has 0 aliphatic rings. The zero-order valence-corrected chi connectivity index (χ0v) is 11.8. The summed E-state index contributed by atoms with van der Waals surface area (Å²) in [5.41, 5.74) is 0.162. The Morgan fingerprint density at radius 3 is 2.65 bits per heavy atom. The van der Waals surface area contributed by atoms with Gasteiger partial charge in [-0.05, 0) is 33.6 Å². The molecular formula is C9H3BrCl3N3O. The Kier molecular flexibility index (Phi) is 3.73. The summed E-state index contributed by atoms with van der Waals surface area (Å²) < 4.78 is 1.70. The fourth-order valence-corrected chi connectivity index (χ4v) is 2.19. The number of hydrogen-bond acceptors (Lipinski definition) is 3. The van der Waals surface area contributed by atoms with E-state index in [4.69, 9.17) is 34.8 Å². The molecule has 0 aliphatic heterocycles. The number of carbonyl (C=O) groups is 1. The maximum absolute atomic E-state index is 11.2. The zero-order valence-electron chi connectivity index (χ0n) is 7.99. The van der Waals surface area contributed by atoms with Crippen LogP contribution in [0.2, 0.25) is 10.0 Å². The molecule has 0 atom stereocenters. The monoisotopic (exact) mass is 353 g/mol. The average molecular weight is 355 g/mol. The van der Waals surface area contributed by atoms with Crippen LogP contribution in [-0.4, -0.2) is 20.0 Å². The number of pyridine rings is 1. The van der Waals surface area contributed by atoms with Gasteiger partial charge in [0.25, 0.3) is 5.24 Å². The van der Waals surface area contributed by atoms with Crippen molar-refractivity contribution in [1.29, 1.82) is 0 Å². The Morgan fingerprint density at radius 1 is 1.35 bits per heavy atom. The van der Waals surface area contributed by atoms with Gasteiger partial charge in [0.1, 0.15) is 10.3 Å². The van der Waals surface area contributed by atoms with Crippen LogP contribution in [-0.2, 0) is 0 Å². The lowest BCUT2D eigenvalue weighted by Gasteiger charge is -2.05. The van der Waals surface area contributed by atoms with E-state index in [-0.39, 0.29) is 16.5 Å². The van der Waals surface area contributed by atoms with E-state index in [1.165, 1.54) is 23.0 Å². The molecular weight excluding hydrogens is 352 g/mol. The summed E-state index contributed by atoms with van der Waals surface area (Å²) in [6.45, 7) is 0. The first-order valence-corrected chi connectivity index (χ1v) is 6.18. The van der Waals surface area contributed by atoms with Crippen molar-refractivity contribution in [2.24, 2.45) is 0 Å². The second-order valence-electron chi connectivity index (χ2n) is 3.00. The van der Waals surface area contributed by atoms with Crippen LogP contribution in [0.15, 0.2) is 22.9 Å². The molecule has 2 aromatic rings. The first-order valence-electron chi connectivity index (χ1n) is 4.26. The van der Waals surface area contributed by atoms with Crippen LogP contribution in [0.1, 0.15) is 10.5 Å². The van der Waals surface area contributed by atoms with Crippen molar-refractivity contribution in [2.45, 2.75) is 0 Å². The minimum atomic E-state index is -0.656. The summed E-state index contributed by atoms with van der Waals surface area (Å²) >= 11 is 20.3. The molecule has 0 spiro atoms. The minimum absolute atomic E-state index is 0.162. The third kappa shape index (κ3) is 2.63. The Balaban J connectivity index is 2.63. The SMILES string of the molecule is O=C(Cl)c1cc(Br)nn1-c1ncc(Cl)cc1Cl. The molecule has 0 fully saturated rings. The highest BCUT2D eigenvalue weighted by molar-refractivity contribution is 9.10. The lowest BCUT2D eigenvalue weighted by Crippen LogP contribution is -2.07. The van der Waals surface area contributed by atoms with E-state index in [2.05, 4.69) is 26.0 Å². The second-order valence-corrected chi connectivity index (χ2v) is 5.00. The van der Waals surface area contributed by atoms with E-state index in [9.17, 15) is 4.79 Å². The maximum atomic E-state index is 11.2. The van der Waals surface area contributed by atoms with Crippen molar-refractivity contribution in [3.8, 4) is 5.82 Å². The third-order valence-corrected chi connectivity index (χ3v) is 2.94. The molecule has 2 heterocycles. The molecule has 0 N–H and O–H groups in total. The molecule has 8 heteroatoms. The molecule has 17 heavy (non-hydrogen) atoms. The molecule has 0 saturated heterocycles. The van der Waals surface area contributed by atoms with Gasteiger partial charge in [0.05, 0.1) is 10.0 Å². The van der Waals surface area contributed by atoms with Gasteiger partial charge in [-0.2, -0.15) is 5.10 Å². The predicted octanol–water partition coefficient (Wildman–Crippen LogP) is 3.72. The van der Waals surface area contributed by atoms with Crippen molar-refractivity contribution in [3.63, 3.8) is 0 Å². The summed E-state index contributed by atoms with van der Waals surface area (Å²) in [5, 5.41) is 4.04. The van der Waals surface area contributed by atoms with Gasteiger partial charge in [0, 0.05) is 12.3 Å². The van der Waals surface area contributed by atoms with Crippen molar-refractivity contribution < 1.29 is 4.79 Å². The topological polar surface area (TPSA) is 47.8 Å². The molecule has 4 nitrogen and oxygen atoms in total. The van der Waals surface area contributed by atoms with Gasteiger partial charge in [0.15, 0.2) is 5.82 Å². The van der Waals surface area contributed by atoms with E-state index < -0.39 is 5.24 Å². The molecule has 2 aromatic heterocycles. The molecule has 2 rings (SSSR count). The van der Waals surface area contributed by atoms with E-state index in [1.807, 2.05) is 0 Å². The highest BCUT2D eigenvalue weighted by Crippen LogP contribution is 2.24. The van der Waals surface area contributed by atoms with Crippen LogP contribution in [0.5, 0.6) is 0 Å². The van der Waals surface area contributed by atoms with Crippen LogP contribution in [0, 0.1) is 0 Å².